The van der Waals surface area contributed by atoms with E-state index in [9.17, 15) is 31.8 Å². The molecule has 0 spiro atoms. The first-order valence-corrected chi connectivity index (χ1v) is 11.5. The number of hydrogen-bond acceptors (Lipinski definition) is 5. The molecule has 1 unspecified atom stereocenters. The summed E-state index contributed by atoms with van der Waals surface area (Å²) in [7, 11) is -3.37. The minimum Gasteiger partial charge on any atom is -0.395 e. The van der Waals surface area contributed by atoms with Gasteiger partial charge in [-0.2, -0.15) is 13.2 Å². The summed E-state index contributed by atoms with van der Waals surface area (Å²) >= 11 is 0. The van der Waals surface area contributed by atoms with Crippen LogP contribution < -0.4 is 5.32 Å². The minimum absolute atomic E-state index is 0.0398. The molecule has 0 amide bonds. The highest BCUT2D eigenvalue weighted by molar-refractivity contribution is 7.90. The monoisotopic (exact) mass is 468 g/mol. The van der Waals surface area contributed by atoms with Crippen LogP contribution in [0.5, 0.6) is 0 Å². The second kappa shape index (κ2) is 8.97. The van der Waals surface area contributed by atoms with Gasteiger partial charge in [0.15, 0.2) is 16.1 Å². The van der Waals surface area contributed by atoms with E-state index in [0.717, 1.165) is 12.3 Å². The highest BCUT2D eigenvalue weighted by Gasteiger charge is 2.35. The molecule has 1 aromatic heterocycles. The van der Waals surface area contributed by atoms with Crippen LogP contribution in [0.3, 0.4) is 0 Å². The molecule has 32 heavy (non-hydrogen) atoms. The summed E-state index contributed by atoms with van der Waals surface area (Å²) in [6.45, 7) is 1.34. The van der Waals surface area contributed by atoms with Gasteiger partial charge in [0.05, 0.1) is 22.8 Å². The van der Waals surface area contributed by atoms with Crippen LogP contribution in [0.25, 0.3) is 11.3 Å². The van der Waals surface area contributed by atoms with Crippen LogP contribution in [0.1, 0.15) is 22.9 Å². The van der Waals surface area contributed by atoms with Gasteiger partial charge in [-0.15, -0.1) is 0 Å². The molecule has 6 nitrogen and oxygen atoms in total. The molecule has 1 atom stereocenters. The standard InChI is InChI=1S/C22H23F3N2O4S/c1-14-18(21(29)26-15-7-9-16(10-8-15)32(2,30)31)13-27(11-12-28)20(14)17-5-3-4-6-19(17)22(23,24)25/h3-10,13,21,26,28-29H,11-12H2,1-2H3. The van der Waals surface area contributed by atoms with Crippen LogP contribution in [0.4, 0.5) is 18.9 Å². The van der Waals surface area contributed by atoms with Gasteiger partial charge < -0.3 is 20.1 Å². The Morgan fingerprint density at radius 3 is 2.28 bits per heavy atom. The van der Waals surface area contributed by atoms with Gasteiger partial charge in [-0.3, -0.25) is 0 Å². The molecular formula is C22H23F3N2O4S. The van der Waals surface area contributed by atoms with Gasteiger partial charge in [-0.05, 0) is 42.8 Å². The van der Waals surface area contributed by atoms with Gasteiger partial charge in [-0.1, -0.05) is 18.2 Å². The summed E-state index contributed by atoms with van der Waals surface area (Å²) < 4.78 is 65.4. The predicted molar refractivity (Wildman–Crippen MR) is 115 cm³/mol. The van der Waals surface area contributed by atoms with Crippen LogP contribution in [0.15, 0.2) is 59.6 Å². The third kappa shape index (κ3) is 4.98. The number of aliphatic hydroxyl groups is 2. The Hall–Kier alpha value is -2.82. The number of halogens is 3. The molecular weight excluding hydrogens is 445 g/mol. The first kappa shape index (κ1) is 23.8. The maximum absolute atomic E-state index is 13.6. The van der Waals surface area contributed by atoms with Crippen molar-refractivity contribution in [2.24, 2.45) is 0 Å². The van der Waals surface area contributed by atoms with E-state index < -0.39 is 27.8 Å². The molecule has 0 aliphatic carbocycles. The predicted octanol–water partition coefficient (Wildman–Crippen LogP) is 3.98. The molecule has 1 heterocycles. The van der Waals surface area contributed by atoms with Gasteiger partial charge in [-0.25, -0.2) is 8.42 Å². The molecule has 0 bridgehead atoms. The number of alkyl halides is 3. The third-order valence-electron chi connectivity index (χ3n) is 5.08. The lowest BCUT2D eigenvalue weighted by Crippen LogP contribution is -2.10. The van der Waals surface area contributed by atoms with Crippen LogP contribution in [0, 0.1) is 6.92 Å². The third-order valence-corrected chi connectivity index (χ3v) is 6.21. The largest absolute Gasteiger partial charge is 0.417 e. The van der Waals surface area contributed by atoms with E-state index in [2.05, 4.69) is 5.32 Å². The van der Waals surface area contributed by atoms with E-state index in [-0.39, 0.29) is 29.3 Å². The first-order chi connectivity index (χ1) is 14.9. The van der Waals surface area contributed by atoms with Crippen LogP contribution >= 0.6 is 0 Å². The van der Waals surface area contributed by atoms with Crippen molar-refractivity contribution in [2.75, 3.05) is 18.2 Å². The number of nitrogens with zero attached hydrogens (tertiary/aromatic N) is 1. The Morgan fingerprint density at radius 1 is 1.09 bits per heavy atom. The average Bonchev–Trinajstić information content (AvgIpc) is 3.03. The van der Waals surface area contributed by atoms with Crippen molar-refractivity contribution < 1.29 is 31.8 Å². The zero-order chi connectivity index (χ0) is 23.7. The summed E-state index contributed by atoms with van der Waals surface area (Å²) in [5.41, 5.74) is 0.555. The fourth-order valence-electron chi connectivity index (χ4n) is 3.57. The number of aromatic nitrogens is 1. The lowest BCUT2D eigenvalue weighted by atomic mass is 9.99. The minimum atomic E-state index is -4.57. The van der Waals surface area contributed by atoms with Gasteiger partial charge in [0.1, 0.15) is 0 Å². The Morgan fingerprint density at radius 2 is 1.72 bits per heavy atom. The summed E-state index contributed by atoms with van der Waals surface area (Å²) in [5, 5.41) is 23.0. The van der Waals surface area contributed by atoms with Crippen molar-refractivity contribution >= 4 is 15.5 Å². The fraction of sp³-hybridized carbons (Fsp3) is 0.273. The number of hydrogen-bond donors (Lipinski definition) is 3. The number of nitrogens with one attached hydrogen (secondary N) is 1. The van der Waals surface area contributed by atoms with Crippen molar-refractivity contribution in [3.05, 3.63) is 71.4 Å². The van der Waals surface area contributed by atoms with Gasteiger partial charge >= 0.3 is 6.18 Å². The Bertz CT molecular complexity index is 1200. The van der Waals surface area contributed by atoms with Crippen molar-refractivity contribution in [2.45, 2.75) is 30.8 Å². The topological polar surface area (TPSA) is 91.6 Å². The SMILES string of the molecule is Cc1c(C(O)Nc2ccc(S(C)(=O)=O)cc2)cn(CCO)c1-c1ccccc1C(F)(F)F. The van der Waals surface area contributed by atoms with Gasteiger partial charge in [0.25, 0.3) is 0 Å². The van der Waals surface area contributed by atoms with Crippen LogP contribution in [0.2, 0.25) is 0 Å². The highest BCUT2D eigenvalue weighted by atomic mass is 32.2. The Balaban J connectivity index is 2.01. The number of rotatable bonds is 7. The molecule has 0 radical (unpaired) electrons. The summed E-state index contributed by atoms with van der Waals surface area (Å²) in [4.78, 5) is 0.119. The number of anilines is 1. The van der Waals surface area contributed by atoms with Crippen molar-refractivity contribution in [3.8, 4) is 11.3 Å². The van der Waals surface area contributed by atoms with E-state index in [1.165, 1.54) is 53.2 Å². The number of aliphatic hydroxyl groups excluding tert-OH is 2. The second-order valence-electron chi connectivity index (χ2n) is 7.36. The fourth-order valence-corrected chi connectivity index (χ4v) is 4.20. The highest BCUT2D eigenvalue weighted by Crippen LogP contribution is 2.40. The Labute approximate surface area is 183 Å². The molecule has 3 N–H and O–H groups in total. The lowest BCUT2D eigenvalue weighted by Gasteiger charge is -2.16. The quantitative estimate of drug-likeness (QED) is 0.457. The maximum atomic E-state index is 13.6. The molecule has 0 saturated heterocycles. The number of benzene rings is 2. The van der Waals surface area contributed by atoms with Crippen LogP contribution in [-0.2, 0) is 22.6 Å². The van der Waals surface area contributed by atoms with E-state index in [1.807, 2.05) is 0 Å². The zero-order valence-electron chi connectivity index (χ0n) is 17.4. The number of sulfone groups is 1. The first-order valence-electron chi connectivity index (χ1n) is 9.65. The van der Waals surface area contributed by atoms with Crippen LogP contribution in [-0.4, -0.2) is 36.1 Å². The molecule has 3 aromatic rings. The summed E-state index contributed by atoms with van der Waals surface area (Å²) in [6, 6.07) is 10.9. The normalized spacial score (nSPS) is 13.2. The van der Waals surface area contributed by atoms with Gasteiger partial charge in [0.2, 0.25) is 0 Å². The van der Waals surface area contributed by atoms with Crippen molar-refractivity contribution in [1.29, 1.82) is 0 Å². The van der Waals surface area contributed by atoms with E-state index >= 15 is 0 Å². The van der Waals surface area contributed by atoms with Crippen molar-refractivity contribution in [3.63, 3.8) is 0 Å². The molecule has 3 rings (SSSR count). The van der Waals surface area contributed by atoms with Crippen molar-refractivity contribution in [1.82, 2.24) is 4.57 Å². The zero-order valence-corrected chi connectivity index (χ0v) is 18.2. The van der Waals surface area contributed by atoms with E-state index in [0.29, 0.717) is 16.8 Å². The molecule has 0 saturated carbocycles. The second-order valence-corrected chi connectivity index (χ2v) is 9.38. The average molecular weight is 468 g/mol. The molecule has 172 valence electrons. The van der Waals surface area contributed by atoms with Gasteiger partial charge in [0, 0.05) is 35.8 Å². The molecule has 2 aromatic carbocycles. The summed E-state index contributed by atoms with van der Waals surface area (Å²) in [6.07, 6.45) is -3.28. The molecule has 0 aliphatic heterocycles. The lowest BCUT2D eigenvalue weighted by molar-refractivity contribution is -0.137. The molecule has 0 fully saturated rings. The molecule has 0 aliphatic rings. The summed E-state index contributed by atoms with van der Waals surface area (Å²) in [5.74, 6) is 0. The van der Waals surface area contributed by atoms with E-state index in [1.54, 1.807) is 6.92 Å². The smallest absolute Gasteiger partial charge is 0.395 e. The molecule has 10 heteroatoms. The Kier molecular flexibility index (Phi) is 6.68. The van der Waals surface area contributed by atoms with E-state index in [4.69, 9.17) is 0 Å². The maximum Gasteiger partial charge on any atom is 0.417 e.